The zero-order valence-electron chi connectivity index (χ0n) is 17.6. The lowest BCUT2D eigenvalue weighted by molar-refractivity contribution is -0.122. The van der Waals surface area contributed by atoms with Crippen LogP contribution in [0.25, 0.3) is 6.08 Å². The third-order valence-corrected chi connectivity index (χ3v) is 5.86. The second-order valence-corrected chi connectivity index (χ2v) is 9.32. The number of carbonyl (C=O) groups excluding carboxylic acids is 2. The minimum absolute atomic E-state index is 0.0822. The lowest BCUT2D eigenvalue weighted by atomic mass is 10.2. The van der Waals surface area contributed by atoms with Gasteiger partial charge in [-0.2, -0.15) is 5.10 Å². The second-order valence-electron chi connectivity index (χ2n) is 7.54. The van der Waals surface area contributed by atoms with Crippen LogP contribution in [-0.4, -0.2) is 44.0 Å². The van der Waals surface area contributed by atoms with E-state index in [1.54, 1.807) is 33.9 Å². The lowest BCUT2D eigenvalue weighted by Gasteiger charge is -2.19. The van der Waals surface area contributed by atoms with Crippen LogP contribution >= 0.6 is 35.0 Å². The number of halogens is 2. The van der Waals surface area contributed by atoms with Crippen molar-refractivity contribution in [1.29, 1.82) is 0 Å². The van der Waals surface area contributed by atoms with Gasteiger partial charge in [-0.1, -0.05) is 48.8 Å². The molecule has 0 spiro atoms. The smallest absolute Gasteiger partial charge is 0.278 e. The van der Waals surface area contributed by atoms with Gasteiger partial charge >= 0.3 is 0 Å². The van der Waals surface area contributed by atoms with Crippen molar-refractivity contribution in [1.82, 2.24) is 14.7 Å². The first kappa shape index (κ1) is 23.4. The Hall–Kier alpha value is -2.29. The van der Waals surface area contributed by atoms with E-state index in [2.05, 4.69) is 15.4 Å². The predicted molar refractivity (Wildman–Crippen MR) is 127 cm³/mol. The molecule has 1 aliphatic rings. The largest absolute Gasteiger partial charge is 0.324 e. The number of amides is 2. The van der Waals surface area contributed by atoms with Crippen LogP contribution in [-0.2, 0) is 16.6 Å². The number of nitrogens with zero attached hydrogens (tertiary/aromatic N) is 4. The molecule has 1 aromatic carbocycles. The molecular formula is C21H23Cl2N5O2S. The molecular weight excluding hydrogens is 457 g/mol. The number of aromatic nitrogens is 2. The summed E-state index contributed by atoms with van der Waals surface area (Å²) >= 11 is 13.2. The van der Waals surface area contributed by atoms with Crippen LogP contribution in [0.5, 0.6) is 0 Å². The van der Waals surface area contributed by atoms with Gasteiger partial charge in [0.1, 0.15) is 5.70 Å². The van der Waals surface area contributed by atoms with Gasteiger partial charge in [0.15, 0.2) is 5.17 Å². The average Bonchev–Trinajstić information content (AvgIpc) is 3.15. The van der Waals surface area contributed by atoms with Crippen LogP contribution in [0.2, 0.25) is 10.0 Å². The summed E-state index contributed by atoms with van der Waals surface area (Å²) in [6.45, 7) is 6.44. The maximum Gasteiger partial charge on any atom is 0.278 e. The standard InChI is InChI=1S/C21H23Cl2N5O2S/c1-12(2)9-28-20(30)18(7-14-10-27(4)26-13(14)3)25-21(28)31-11-19(29)24-17-6-5-15(22)8-16(17)23/h5-8,10,12H,9,11H2,1-4H3,(H,24,29). The Morgan fingerprint density at radius 2 is 2.06 bits per heavy atom. The quantitative estimate of drug-likeness (QED) is 0.613. The molecule has 2 aromatic rings. The van der Waals surface area contributed by atoms with Crippen LogP contribution in [0.1, 0.15) is 25.1 Å². The molecule has 1 aromatic heterocycles. The second kappa shape index (κ2) is 9.89. The molecule has 0 radical (unpaired) electrons. The molecule has 164 valence electrons. The maximum absolute atomic E-state index is 13.0. The molecule has 0 fully saturated rings. The van der Waals surface area contributed by atoms with Gasteiger partial charge in [-0.05, 0) is 37.1 Å². The van der Waals surface area contributed by atoms with E-state index in [4.69, 9.17) is 23.2 Å². The van der Waals surface area contributed by atoms with Crippen molar-refractivity contribution in [3.63, 3.8) is 0 Å². The first-order valence-corrected chi connectivity index (χ1v) is 11.4. The van der Waals surface area contributed by atoms with E-state index in [1.165, 1.54) is 11.8 Å². The molecule has 7 nitrogen and oxygen atoms in total. The number of hydrogen-bond acceptors (Lipinski definition) is 5. The van der Waals surface area contributed by atoms with Gasteiger partial charge in [0, 0.05) is 30.4 Å². The first-order chi connectivity index (χ1) is 14.6. The summed E-state index contributed by atoms with van der Waals surface area (Å²) in [6, 6.07) is 4.86. The van der Waals surface area contributed by atoms with E-state index in [0.717, 1.165) is 11.3 Å². The number of nitrogens with one attached hydrogen (secondary N) is 1. The highest BCUT2D eigenvalue weighted by molar-refractivity contribution is 8.14. The van der Waals surface area contributed by atoms with Crippen molar-refractivity contribution in [3.05, 3.63) is 51.4 Å². The summed E-state index contributed by atoms with van der Waals surface area (Å²) in [5, 5.41) is 8.41. The summed E-state index contributed by atoms with van der Waals surface area (Å²) in [6.07, 6.45) is 3.57. The van der Waals surface area contributed by atoms with Gasteiger partial charge in [0.25, 0.3) is 5.91 Å². The summed E-state index contributed by atoms with van der Waals surface area (Å²) in [4.78, 5) is 31.5. The van der Waals surface area contributed by atoms with Crippen LogP contribution in [0.3, 0.4) is 0 Å². The monoisotopic (exact) mass is 479 g/mol. The molecule has 1 aliphatic heterocycles. The fourth-order valence-electron chi connectivity index (χ4n) is 2.98. The normalized spacial score (nSPS) is 15.2. The summed E-state index contributed by atoms with van der Waals surface area (Å²) in [5.41, 5.74) is 2.46. The van der Waals surface area contributed by atoms with E-state index < -0.39 is 0 Å². The van der Waals surface area contributed by atoms with Crippen molar-refractivity contribution in [2.24, 2.45) is 18.0 Å². The zero-order valence-corrected chi connectivity index (χ0v) is 20.0. The summed E-state index contributed by atoms with van der Waals surface area (Å²) in [5.74, 6) is -0.107. The topological polar surface area (TPSA) is 79.6 Å². The minimum atomic E-state index is -0.255. The highest BCUT2D eigenvalue weighted by atomic mass is 35.5. The fourth-order valence-corrected chi connectivity index (χ4v) is 4.25. The van der Waals surface area contributed by atoms with Crippen LogP contribution in [0, 0.1) is 12.8 Å². The SMILES string of the molecule is Cc1nn(C)cc1C=C1N=C(SCC(=O)Nc2ccc(Cl)cc2Cl)N(CC(C)C)C1=O. The number of rotatable bonds is 6. The Kier molecular flexibility index (Phi) is 7.46. The van der Waals surface area contributed by atoms with Crippen molar-refractivity contribution in [2.75, 3.05) is 17.6 Å². The zero-order chi connectivity index (χ0) is 22.7. The molecule has 3 rings (SSSR count). The predicted octanol–water partition coefficient (Wildman–Crippen LogP) is 4.60. The molecule has 2 heterocycles. The molecule has 0 aliphatic carbocycles. The Labute approximate surface area is 195 Å². The van der Waals surface area contributed by atoms with Crippen LogP contribution in [0.4, 0.5) is 5.69 Å². The van der Waals surface area contributed by atoms with E-state index in [9.17, 15) is 9.59 Å². The summed E-state index contributed by atoms with van der Waals surface area (Å²) < 4.78 is 1.69. The molecule has 2 amide bonds. The molecule has 0 atom stereocenters. The number of aryl methyl sites for hydroxylation is 2. The first-order valence-electron chi connectivity index (χ1n) is 9.64. The van der Waals surface area contributed by atoms with Crippen LogP contribution in [0.15, 0.2) is 35.1 Å². The molecule has 0 bridgehead atoms. The Morgan fingerprint density at radius 1 is 1.32 bits per heavy atom. The van der Waals surface area contributed by atoms with Crippen molar-refractivity contribution >= 4 is 63.7 Å². The molecule has 0 saturated carbocycles. The summed E-state index contributed by atoms with van der Waals surface area (Å²) in [7, 11) is 1.83. The van der Waals surface area contributed by atoms with Gasteiger partial charge in [0.05, 0.1) is 22.2 Å². The molecule has 31 heavy (non-hydrogen) atoms. The van der Waals surface area contributed by atoms with Crippen molar-refractivity contribution in [3.8, 4) is 0 Å². The molecule has 0 unspecified atom stereocenters. The van der Waals surface area contributed by atoms with Gasteiger partial charge < -0.3 is 5.32 Å². The molecule has 0 saturated heterocycles. The number of aliphatic imine (C=N–C) groups is 1. The Bertz CT molecular complexity index is 1080. The number of hydrogen-bond donors (Lipinski definition) is 1. The number of carbonyl (C=O) groups is 2. The lowest BCUT2D eigenvalue weighted by Crippen LogP contribution is -2.34. The maximum atomic E-state index is 13.0. The molecule has 1 N–H and O–H groups in total. The number of amidine groups is 1. The minimum Gasteiger partial charge on any atom is -0.324 e. The van der Waals surface area contributed by atoms with Gasteiger partial charge in [-0.25, -0.2) is 4.99 Å². The van der Waals surface area contributed by atoms with Crippen molar-refractivity contribution in [2.45, 2.75) is 20.8 Å². The van der Waals surface area contributed by atoms with Crippen LogP contribution < -0.4 is 5.32 Å². The number of benzene rings is 1. The number of anilines is 1. The number of thioether (sulfide) groups is 1. The fraction of sp³-hybridized carbons (Fsp3) is 0.333. The molecule has 10 heteroatoms. The van der Waals surface area contributed by atoms with E-state index in [1.807, 2.05) is 34.0 Å². The average molecular weight is 480 g/mol. The van der Waals surface area contributed by atoms with Gasteiger partial charge in [-0.15, -0.1) is 0 Å². The van der Waals surface area contributed by atoms with E-state index in [0.29, 0.717) is 33.1 Å². The third kappa shape index (κ3) is 5.90. The Morgan fingerprint density at radius 3 is 2.68 bits per heavy atom. The Balaban J connectivity index is 1.75. The van der Waals surface area contributed by atoms with Gasteiger partial charge in [0.2, 0.25) is 5.91 Å². The highest BCUT2D eigenvalue weighted by Crippen LogP contribution is 2.27. The van der Waals surface area contributed by atoms with E-state index in [-0.39, 0.29) is 23.5 Å². The van der Waals surface area contributed by atoms with Gasteiger partial charge in [-0.3, -0.25) is 19.2 Å². The van der Waals surface area contributed by atoms with E-state index >= 15 is 0 Å². The third-order valence-electron chi connectivity index (χ3n) is 4.34. The highest BCUT2D eigenvalue weighted by Gasteiger charge is 2.31. The van der Waals surface area contributed by atoms with Crippen molar-refractivity contribution < 1.29 is 9.59 Å².